The van der Waals surface area contributed by atoms with E-state index in [-0.39, 0.29) is 6.03 Å². The molecule has 0 radical (unpaired) electrons. The summed E-state index contributed by atoms with van der Waals surface area (Å²) >= 11 is 0. The van der Waals surface area contributed by atoms with Gasteiger partial charge in [-0.3, -0.25) is 4.90 Å². The van der Waals surface area contributed by atoms with Crippen molar-refractivity contribution in [3.63, 3.8) is 0 Å². The fraction of sp³-hybridized carbons (Fsp3) is 0.250. The van der Waals surface area contributed by atoms with Gasteiger partial charge in [0.1, 0.15) is 0 Å². The molecule has 4 nitrogen and oxygen atoms in total. The molecule has 2 aromatic rings. The molecule has 2 aromatic carbocycles. The van der Waals surface area contributed by atoms with Crippen molar-refractivity contribution in [3.05, 3.63) is 71.8 Å². The second kappa shape index (κ2) is 7.67. The molecule has 1 heterocycles. The van der Waals surface area contributed by atoms with Gasteiger partial charge in [0.15, 0.2) is 0 Å². The predicted octanol–water partition coefficient (Wildman–Crippen LogP) is 2.97. The zero-order valence-electron chi connectivity index (χ0n) is 13.6. The van der Waals surface area contributed by atoms with Gasteiger partial charge in [0, 0.05) is 13.1 Å². The van der Waals surface area contributed by atoms with Crippen LogP contribution in [0.4, 0.5) is 4.79 Å². The lowest BCUT2D eigenvalue weighted by molar-refractivity contribution is 0.0342. The van der Waals surface area contributed by atoms with E-state index in [1.54, 1.807) is 0 Å². The van der Waals surface area contributed by atoms with E-state index in [1.165, 1.54) is 0 Å². The predicted molar refractivity (Wildman–Crippen MR) is 94.6 cm³/mol. The molecule has 3 rings (SSSR count). The second-order valence-corrected chi connectivity index (χ2v) is 5.97. The summed E-state index contributed by atoms with van der Waals surface area (Å²) in [4.78, 5) is 18.7. The maximum atomic E-state index is 12.9. The first-order valence-corrected chi connectivity index (χ1v) is 8.04. The summed E-state index contributed by atoms with van der Waals surface area (Å²) in [5.41, 5.74) is 2.24. The minimum atomic E-state index is 0.0518. The van der Waals surface area contributed by atoms with Crippen LogP contribution in [0.2, 0.25) is 0 Å². The highest BCUT2D eigenvalue weighted by atomic mass is 16.2. The molecule has 2 amide bonds. The van der Waals surface area contributed by atoms with Crippen LogP contribution < -0.4 is 0 Å². The van der Waals surface area contributed by atoms with Crippen LogP contribution in [-0.2, 0) is 13.1 Å². The van der Waals surface area contributed by atoms with Crippen molar-refractivity contribution >= 4 is 6.03 Å². The number of hydrogen-bond donors (Lipinski definition) is 0. The maximum Gasteiger partial charge on any atom is 0.322 e. The molecule has 24 heavy (non-hydrogen) atoms. The lowest BCUT2D eigenvalue weighted by atomic mass is 10.2. The Morgan fingerprint density at radius 2 is 1.29 bits per heavy atom. The Balaban J connectivity index is 1.75. The Kier molecular flexibility index (Phi) is 5.15. The molecule has 0 saturated carbocycles. The average Bonchev–Trinajstić information content (AvgIpc) is 2.61. The summed E-state index contributed by atoms with van der Waals surface area (Å²) in [7, 11) is 0. The molecule has 0 unspecified atom stereocenters. The van der Waals surface area contributed by atoms with Crippen LogP contribution in [0, 0.1) is 12.3 Å². The maximum absolute atomic E-state index is 12.9. The molecule has 1 aliphatic heterocycles. The lowest BCUT2D eigenvalue weighted by Crippen LogP contribution is -2.57. The van der Waals surface area contributed by atoms with Crippen LogP contribution >= 0.6 is 0 Å². The normalized spacial score (nSPS) is 15.4. The Hall–Kier alpha value is -2.77. The van der Waals surface area contributed by atoms with Crippen molar-refractivity contribution in [1.82, 2.24) is 14.7 Å². The molecule has 4 heteroatoms. The van der Waals surface area contributed by atoms with Crippen molar-refractivity contribution in [2.75, 3.05) is 19.9 Å². The summed E-state index contributed by atoms with van der Waals surface area (Å²) in [5.74, 6) is 2.68. The van der Waals surface area contributed by atoms with Crippen molar-refractivity contribution in [1.29, 1.82) is 0 Å². The van der Waals surface area contributed by atoms with Crippen molar-refractivity contribution in [2.24, 2.45) is 0 Å². The fourth-order valence-corrected chi connectivity index (χ4v) is 2.92. The van der Waals surface area contributed by atoms with E-state index < -0.39 is 0 Å². The van der Waals surface area contributed by atoms with E-state index in [4.69, 9.17) is 6.42 Å². The van der Waals surface area contributed by atoms with Crippen LogP contribution in [0.15, 0.2) is 60.7 Å². The van der Waals surface area contributed by atoms with E-state index in [9.17, 15) is 4.79 Å². The van der Waals surface area contributed by atoms with Gasteiger partial charge in [-0.25, -0.2) is 4.79 Å². The Morgan fingerprint density at radius 1 is 0.833 bits per heavy atom. The molecule has 0 bridgehead atoms. The highest BCUT2D eigenvalue weighted by Gasteiger charge is 2.29. The molecule has 0 aromatic heterocycles. The molecule has 1 aliphatic rings. The first kappa shape index (κ1) is 16.1. The van der Waals surface area contributed by atoms with Crippen LogP contribution in [0.25, 0.3) is 0 Å². The van der Waals surface area contributed by atoms with Gasteiger partial charge >= 0.3 is 6.03 Å². The first-order valence-electron chi connectivity index (χ1n) is 8.04. The summed E-state index contributed by atoms with van der Waals surface area (Å²) in [6.45, 7) is 2.83. The molecular formula is C20H21N3O. The Morgan fingerprint density at radius 3 is 1.71 bits per heavy atom. The van der Waals surface area contributed by atoms with E-state index >= 15 is 0 Å². The minimum Gasteiger partial charge on any atom is -0.307 e. The van der Waals surface area contributed by atoms with E-state index in [0.29, 0.717) is 33.0 Å². The highest BCUT2D eigenvalue weighted by molar-refractivity contribution is 5.75. The van der Waals surface area contributed by atoms with Gasteiger partial charge in [-0.1, -0.05) is 66.6 Å². The van der Waals surface area contributed by atoms with Crippen LogP contribution in [0.3, 0.4) is 0 Å². The zero-order valence-corrected chi connectivity index (χ0v) is 13.6. The van der Waals surface area contributed by atoms with E-state index in [2.05, 4.69) is 10.8 Å². The van der Waals surface area contributed by atoms with Crippen molar-refractivity contribution < 1.29 is 4.79 Å². The Bertz CT molecular complexity index is 655. The SMILES string of the molecule is C#CCN1CN(Cc2ccccc2)C(=O)N(Cc2ccccc2)C1. The monoisotopic (exact) mass is 319 g/mol. The number of amides is 2. The number of urea groups is 1. The number of terminal acetylenes is 1. The molecule has 122 valence electrons. The number of carbonyl (C=O) groups excluding carboxylic acids is 1. The fourth-order valence-electron chi connectivity index (χ4n) is 2.92. The molecule has 0 atom stereocenters. The van der Waals surface area contributed by atoms with E-state index in [0.717, 1.165) is 11.1 Å². The van der Waals surface area contributed by atoms with Gasteiger partial charge in [0.2, 0.25) is 0 Å². The summed E-state index contributed by atoms with van der Waals surface area (Å²) < 4.78 is 0. The minimum absolute atomic E-state index is 0.0518. The van der Waals surface area contributed by atoms with Gasteiger partial charge in [-0.2, -0.15) is 0 Å². The quantitative estimate of drug-likeness (QED) is 0.792. The summed E-state index contributed by atoms with van der Waals surface area (Å²) in [6, 6.07) is 20.1. The first-order chi connectivity index (χ1) is 11.8. The number of carbonyl (C=O) groups is 1. The van der Waals surface area contributed by atoms with Crippen molar-refractivity contribution in [3.8, 4) is 12.3 Å². The van der Waals surface area contributed by atoms with Gasteiger partial charge < -0.3 is 9.80 Å². The molecule has 0 aliphatic carbocycles. The molecule has 0 N–H and O–H groups in total. The summed E-state index contributed by atoms with van der Waals surface area (Å²) in [6.07, 6.45) is 5.48. The van der Waals surface area contributed by atoms with Gasteiger partial charge in [-0.05, 0) is 11.1 Å². The number of rotatable bonds is 5. The molecule has 1 saturated heterocycles. The summed E-state index contributed by atoms with van der Waals surface area (Å²) in [5, 5.41) is 0. The van der Waals surface area contributed by atoms with E-state index in [1.807, 2.05) is 70.5 Å². The smallest absolute Gasteiger partial charge is 0.307 e. The second-order valence-electron chi connectivity index (χ2n) is 5.97. The van der Waals surface area contributed by atoms with Gasteiger partial charge in [0.25, 0.3) is 0 Å². The molecular weight excluding hydrogens is 298 g/mol. The van der Waals surface area contributed by atoms with Crippen LogP contribution in [-0.4, -0.2) is 40.6 Å². The lowest BCUT2D eigenvalue weighted by Gasteiger charge is -2.41. The largest absolute Gasteiger partial charge is 0.322 e. The number of hydrogen-bond acceptors (Lipinski definition) is 2. The highest BCUT2D eigenvalue weighted by Crippen LogP contribution is 2.16. The topological polar surface area (TPSA) is 26.8 Å². The van der Waals surface area contributed by atoms with Crippen LogP contribution in [0.1, 0.15) is 11.1 Å². The third-order valence-corrected chi connectivity index (χ3v) is 4.03. The van der Waals surface area contributed by atoms with Crippen LogP contribution in [0.5, 0.6) is 0 Å². The Labute approximate surface area is 143 Å². The number of benzene rings is 2. The standard InChI is InChI=1S/C20H21N3O/c1-2-13-21-16-22(14-18-9-5-3-6-10-18)20(24)23(17-21)15-19-11-7-4-8-12-19/h1,3-12H,13-17H2. The molecule has 0 spiro atoms. The van der Waals surface area contributed by atoms with Gasteiger partial charge in [-0.15, -0.1) is 6.42 Å². The third kappa shape index (κ3) is 3.95. The van der Waals surface area contributed by atoms with Crippen molar-refractivity contribution in [2.45, 2.75) is 13.1 Å². The molecule has 1 fully saturated rings. The number of nitrogens with zero attached hydrogens (tertiary/aromatic N) is 3. The average molecular weight is 319 g/mol. The third-order valence-electron chi connectivity index (χ3n) is 4.03. The zero-order chi connectivity index (χ0) is 16.8. The van der Waals surface area contributed by atoms with Gasteiger partial charge in [0.05, 0.1) is 19.9 Å².